The van der Waals surface area contributed by atoms with Crippen molar-refractivity contribution in [2.45, 2.75) is 11.8 Å². The average Bonchev–Trinajstić information content (AvgIpc) is 3.03. The number of carbonyl (C=O) groups excluding carboxylic acids is 1. The fraction of sp³-hybridized carbons (Fsp3) is 0.105. The number of hydrogen-bond acceptors (Lipinski definition) is 7. The van der Waals surface area contributed by atoms with E-state index in [9.17, 15) is 23.3 Å². The third-order valence-corrected chi connectivity index (χ3v) is 6.60. The van der Waals surface area contributed by atoms with Gasteiger partial charge in [0.15, 0.2) is 0 Å². The third kappa shape index (κ3) is 4.13. The Balaban J connectivity index is 2.11. The summed E-state index contributed by atoms with van der Waals surface area (Å²) >= 11 is 1.09. The number of hydrogen-bond donors (Lipinski definition) is 1. The number of sulfonamides is 1. The Bertz CT molecular complexity index is 1190. The second kappa shape index (κ2) is 8.02. The maximum absolute atomic E-state index is 12.8. The topological polar surface area (TPSA) is 116 Å². The first-order valence-corrected chi connectivity index (χ1v) is 10.6. The van der Waals surface area contributed by atoms with Crippen LogP contribution in [0, 0.1) is 17.0 Å². The van der Waals surface area contributed by atoms with Crippen molar-refractivity contribution in [3.8, 4) is 11.1 Å². The van der Waals surface area contributed by atoms with Gasteiger partial charge in [-0.25, -0.2) is 13.2 Å². The number of nitrogens with zero attached hydrogens (tertiary/aromatic N) is 1. The summed E-state index contributed by atoms with van der Waals surface area (Å²) in [6.45, 7) is 1.77. The van der Waals surface area contributed by atoms with Crippen molar-refractivity contribution in [3.63, 3.8) is 0 Å². The number of non-ortho nitro benzene ring substituents is 1. The van der Waals surface area contributed by atoms with Crippen LogP contribution in [0.25, 0.3) is 11.1 Å². The predicted molar refractivity (Wildman–Crippen MR) is 110 cm³/mol. The standard InChI is InChI=1S/C19H16N2O6S2/c1-12-16(13-7-4-3-5-8-13)17(19(22)27-2)18(28-12)20-29(25,26)15-10-6-9-14(11-15)21(23)24/h3-11,20H,1-2H3. The van der Waals surface area contributed by atoms with Gasteiger partial charge in [0.25, 0.3) is 15.7 Å². The molecule has 0 unspecified atom stereocenters. The van der Waals surface area contributed by atoms with Gasteiger partial charge in [-0.05, 0) is 18.6 Å². The van der Waals surface area contributed by atoms with Crippen molar-refractivity contribution in [3.05, 3.63) is 75.2 Å². The summed E-state index contributed by atoms with van der Waals surface area (Å²) in [5.41, 5.74) is 1.05. The lowest BCUT2D eigenvalue weighted by molar-refractivity contribution is -0.385. The molecular weight excluding hydrogens is 416 g/mol. The van der Waals surface area contributed by atoms with Gasteiger partial charge < -0.3 is 4.74 Å². The molecule has 150 valence electrons. The van der Waals surface area contributed by atoms with Gasteiger partial charge in [-0.2, -0.15) is 0 Å². The summed E-state index contributed by atoms with van der Waals surface area (Å²) < 4.78 is 32.9. The number of anilines is 1. The Kier molecular flexibility index (Phi) is 5.66. The van der Waals surface area contributed by atoms with Crippen LogP contribution in [-0.2, 0) is 14.8 Å². The summed E-state index contributed by atoms with van der Waals surface area (Å²) in [7, 11) is -2.96. The van der Waals surface area contributed by atoms with Gasteiger partial charge in [0.2, 0.25) is 0 Å². The van der Waals surface area contributed by atoms with E-state index in [-0.39, 0.29) is 21.1 Å². The van der Waals surface area contributed by atoms with Crippen molar-refractivity contribution in [1.29, 1.82) is 0 Å². The number of nitrogens with one attached hydrogen (secondary N) is 1. The smallest absolute Gasteiger partial charge is 0.341 e. The number of benzene rings is 2. The number of nitro groups is 1. The maximum Gasteiger partial charge on any atom is 0.341 e. The monoisotopic (exact) mass is 432 g/mol. The molecule has 29 heavy (non-hydrogen) atoms. The van der Waals surface area contributed by atoms with Gasteiger partial charge in [-0.15, -0.1) is 11.3 Å². The van der Waals surface area contributed by atoms with E-state index in [2.05, 4.69) is 4.72 Å². The molecule has 0 radical (unpaired) electrons. The third-order valence-electron chi connectivity index (χ3n) is 4.10. The predicted octanol–water partition coefficient (Wildman–Crippen LogP) is 4.22. The number of rotatable bonds is 6. The fourth-order valence-electron chi connectivity index (χ4n) is 2.81. The molecule has 0 saturated carbocycles. The molecule has 0 fully saturated rings. The molecule has 0 aliphatic heterocycles. The molecule has 3 rings (SSSR count). The van der Waals surface area contributed by atoms with Crippen LogP contribution in [0.4, 0.5) is 10.7 Å². The fourth-order valence-corrected chi connectivity index (χ4v) is 5.22. The quantitative estimate of drug-likeness (QED) is 0.354. The minimum atomic E-state index is -4.17. The molecule has 0 spiro atoms. The van der Waals surface area contributed by atoms with Gasteiger partial charge in [0.1, 0.15) is 10.6 Å². The zero-order valence-corrected chi connectivity index (χ0v) is 17.0. The van der Waals surface area contributed by atoms with E-state index in [1.807, 2.05) is 6.07 Å². The Morgan fingerprint density at radius 1 is 1.14 bits per heavy atom. The summed E-state index contributed by atoms with van der Waals surface area (Å²) in [5.74, 6) is -0.690. The van der Waals surface area contributed by atoms with Gasteiger partial charge >= 0.3 is 5.97 Å². The highest BCUT2D eigenvalue weighted by Crippen LogP contribution is 2.41. The van der Waals surface area contributed by atoms with Gasteiger partial charge in [-0.3, -0.25) is 14.8 Å². The molecule has 10 heteroatoms. The van der Waals surface area contributed by atoms with Crippen molar-refractivity contribution in [2.24, 2.45) is 0 Å². The van der Waals surface area contributed by atoms with Crippen LogP contribution < -0.4 is 4.72 Å². The number of esters is 1. The molecule has 0 aliphatic carbocycles. The molecule has 3 aromatic rings. The number of thiophene rings is 1. The molecule has 0 bridgehead atoms. The molecule has 0 aliphatic rings. The average molecular weight is 432 g/mol. The summed E-state index contributed by atoms with van der Waals surface area (Å²) in [4.78, 5) is 23.2. The number of ether oxygens (including phenoxy) is 1. The van der Waals surface area contributed by atoms with Crippen LogP contribution in [0.3, 0.4) is 0 Å². The Hall–Kier alpha value is -3.24. The van der Waals surface area contributed by atoms with E-state index in [0.717, 1.165) is 23.0 Å². The van der Waals surface area contributed by atoms with Gasteiger partial charge in [0.05, 0.1) is 16.9 Å². The van der Waals surface area contributed by atoms with E-state index in [0.29, 0.717) is 10.4 Å². The first kappa shape index (κ1) is 20.5. The molecule has 1 heterocycles. The van der Waals surface area contributed by atoms with Crippen molar-refractivity contribution >= 4 is 38.0 Å². The normalized spacial score (nSPS) is 11.1. The first-order chi connectivity index (χ1) is 13.7. The zero-order valence-electron chi connectivity index (χ0n) is 15.4. The highest BCUT2D eigenvalue weighted by atomic mass is 32.2. The first-order valence-electron chi connectivity index (χ1n) is 8.29. The van der Waals surface area contributed by atoms with Crippen LogP contribution >= 0.6 is 11.3 Å². The van der Waals surface area contributed by atoms with Gasteiger partial charge in [-0.1, -0.05) is 36.4 Å². The van der Waals surface area contributed by atoms with Crippen LogP contribution in [0.1, 0.15) is 15.2 Å². The molecule has 1 N–H and O–H groups in total. The van der Waals surface area contributed by atoms with E-state index in [1.54, 1.807) is 31.2 Å². The van der Waals surface area contributed by atoms with E-state index in [4.69, 9.17) is 4.74 Å². The molecular formula is C19H16N2O6S2. The number of carbonyl (C=O) groups is 1. The minimum Gasteiger partial charge on any atom is -0.465 e. The van der Waals surface area contributed by atoms with Crippen LogP contribution in [0.5, 0.6) is 0 Å². The number of aryl methyl sites for hydroxylation is 1. The van der Waals surface area contributed by atoms with Crippen molar-refractivity contribution in [2.75, 3.05) is 11.8 Å². The Morgan fingerprint density at radius 2 is 1.83 bits per heavy atom. The SMILES string of the molecule is COC(=O)c1c(NS(=O)(=O)c2cccc([N+](=O)[O-])c2)sc(C)c1-c1ccccc1. The Morgan fingerprint density at radius 3 is 2.45 bits per heavy atom. The lowest BCUT2D eigenvalue weighted by Crippen LogP contribution is -2.15. The van der Waals surface area contributed by atoms with Crippen LogP contribution in [0.2, 0.25) is 0 Å². The van der Waals surface area contributed by atoms with Gasteiger partial charge in [0, 0.05) is 22.6 Å². The highest BCUT2D eigenvalue weighted by molar-refractivity contribution is 7.93. The molecule has 0 atom stereocenters. The molecule has 1 aromatic heterocycles. The zero-order chi connectivity index (χ0) is 21.2. The van der Waals surface area contributed by atoms with E-state index < -0.39 is 20.9 Å². The summed E-state index contributed by atoms with van der Waals surface area (Å²) in [6, 6.07) is 13.7. The van der Waals surface area contributed by atoms with Crippen molar-refractivity contribution in [1.82, 2.24) is 0 Å². The second-order valence-electron chi connectivity index (χ2n) is 5.95. The highest BCUT2D eigenvalue weighted by Gasteiger charge is 2.27. The molecule has 8 nitrogen and oxygen atoms in total. The number of nitro benzene ring substituents is 1. The van der Waals surface area contributed by atoms with Crippen LogP contribution in [0.15, 0.2) is 59.5 Å². The maximum atomic E-state index is 12.8. The second-order valence-corrected chi connectivity index (χ2v) is 8.86. The van der Waals surface area contributed by atoms with E-state index in [1.165, 1.54) is 25.3 Å². The molecule has 2 aromatic carbocycles. The molecule has 0 amide bonds. The largest absolute Gasteiger partial charge is 0.465 e. The van der Waals surface area contributed by atoms with E-state index >= 15 is 0 Å². The number of methoxy groups -OCH3 is 1. The summed E-state index contributed by atoms with van der Waals surface area (Å²) in [5, 5.41) is 11.0. The lowest BCUT2D eigenvalue weighted by Gasteiger charge is -2.09. The van der Waals surface area contributed by atoms with Crippen molar-refractivity contribution < 1.29 is 22.9 Å². The Labute approximate surface area is 171 Å². The lowest BCUT2D eigenvalue weighted by atomic mass is 10.0. The minimum absolute atomic E-state index is 0.0831. The van der Waals surface area contributed by atoms with Crippen LogP contribution in [-0.4, -0.2) is 26.4 Å². The molecule has 0 saturated heterocycles. The summed E-state index contributed by atoms with van der Waals surface area (Å²) in [6.07, 6.45) is 0.